The quantitative estimate of drug-likeness (QED) is 0.106. The number of aliphatic hydroxyl groups excluding tert-OH is 2. The first-order valence-electron chi connectivity index (χ1n) is 15.5. The van der Waals surface area contributed by atoms with E-state index in [1.165, 1.54) is 5.57 Å². The minimum absolute atomic E-state index is 0.00981. The molecule has 0 heterocycles. The lowest BCUT2D eigenvalue weighted by molar-refractivity contribution is -0.0134. The lowest BCUT2D eigenvalue weighted by Gasteiger charge is -2.44. The van der Waals surface area contributed by atoms with E-state index in [2.05, 4.69) is 122 Å². The Bertz CT molecular complexity index is 819. The first-order chi connectivity index (χ1) is 17.9. The van der Waals surface area contributed by atoms with Crippen molar-refractivity contribution in [2.24, 2.45) is 29.6 Å². The van der Waals surface area contributed by atoms with Gasteiger partial charge in [-0.25, -0.2) is 0 Å². The number of rotatable bonds is 16. The summed E-state index contributed by atoms with van der Waals surface area (Å²) in [5.41, 5.74) is 1.30. The van der Waals surface area contributed by atoms with Gasteiger partial charge in [0.1, 0.15) is 0 Å². The Morgan fingerprint density at radius 2 is 1.25 bits per heavy atom. The Labute approximate surface area is 252 Å². The molecule has 0 aliphatic rings. The van der Waals surface area contributed by atoms with Gasteiger partial charge in [-0.1, -0.05) is 113 Å². The highest BCUT2D eigenvalue weighted by molar-refractivity contribution is 6.74. The second-order valence-electron chi connectivity index (χ2n) is 15.7. The predicted molar refractivity (Wildman–Crippen MR) is 181 cm³/mol. The maximum atomic E-state index is 11.3. The molecule has 2 N–H and O–H groups in total. The van der Waals surface area contributed by atoms with Crippen LogP contribution >= 0.6 is 0 Å². The van der Waals surface area contributed by atoms with Gasteiger partial charge in [-0.15, -0.1) is 0 Å². The smallest absolute Gasteiger partial charge is 0.192 e. The van der Waals surface area contributed by atoms with Crippen molar-refractivity contribution in [1.29, 1.82) is 0 Å². The Hall–Kier alpha value is -0.506. The lowest BCUT2D eigenvalue weighted by atomic mass is 9.81. The number of hydrogen-bond acceptors (Lipinski definition) is 4. The summed E-state index contributed by atoms with van der Waals surface area (Å²) in [6.07, 6.45) is 8.33. The van der Waals surface area contributed by atoms with Crippen molar-refractivity contribution < 1.29 is 19.1 Å². The summed E-state index contributed by atoms with van der Waals surface area (Å²) in [4.78, 5) is 0. The molecule has 0 radical (unpaired) electrons. The molecule has 8 atom stereocenters. The molecular weight excluding hydrogens is 529 g/mol. The van der Waals surface area contributed by atoms with Crippen molar-refractivity contribution in [2.75, 3.05) is 6.61 Å². The molecule has 0 aromatic carbocycles. The molecule has 6 heteroatoms. The first-order valence-corrected chi connectivity index (χ1v) is 21.4. The third-order valence-corrected chi connectivity index (χ3v) is 18.7. The minimum atomic E-state index is -2.07. The summed E-state index contributed by atoms with van der Waals surface area (Å²) in [7, 11) is -4.07. The monoisotopic (exact) mass is 596 g/mol. The predicted octanol–water partition coefficient (Wildman–Crippen LogP) is 9.38. The van der Waals surface area contributed by atoms with Gasteiger partial charge in [0, 0.05) is 24.4 Å². The topological polar surface area (TPSA) is 58.9 Å². The van der Waals surface area contributed by atoms with Crippen LogP contribution in [0, 0.1) is 29.6 Å². The minimum Gasteiger partial charge on any atom is -0.413 e. The molecular formula is C34H68O4Si2. The summed E-state index contributed by atoms with van der Waals surface area (Å²) in [6.45, 7) is 39.7. The highest BCUT2D eigenvalue weighted by Crippen LogP contribution is 2.42. The summed E-state index contributed by atoms with van der Waals surface area (Å²) in [5.74, 6) is 0.446. The zero-order valence-corrected chi connectivity index (χ0v) is 31.3. The highest BCUT2D eigenvalue weighted by Gasteiger charge is 2.43. The molecule has 0 spiro atoms. The van der Waals surface area contributed by atoms with Crippen molar-refractivity contribution in [1.82, 2.24) is 0 Å². The third kappa shape index (κ3) is 11.6. The van der Waals surface area contributed by atoms with Gasteiger partial charge >= 0.3 is 0 Å². The molecule has 4 nitrogen and oxygen atoms in total. The second-order valence-corrected chi connectivity index (χ2v) is 25.2. The van der Waals surface area contributed by atoms with Gasteiger partial charge in [0.2, 0.25) is 0 Å². The fraction of sp³-hybridized carbons (Fsp3) is 0.824. The number of hydrogen-bond donors (Lipinski definition) is 2. The van der Waals surface area contributed by atoms with Crippen molar-refractivity contribution in [3.05, 3.63) is 36.5 Å². The molecule has 0 aromatic rings. The Balaban J connectivity index is 6.16. The Morgan fingerprint density at radius 3 is 1.65 bits per heavy atom. The molecule has 40 heavy (non-hydrogen) atoms. The average Bonchev–Trinajstić information content (AvgIpc) is 2.81. The summed E-state index contributed by atoms with van der Waals surface area (Å²) >= 11 is 0. The van der Waals surface area contributed by atoms with E-state index in [1.807, 2.05) is 12.2 Å². The van der Waals surface area contributed by atoms with E-state index >= 15 is 0 Å². The van der Waals surface area contributed by atoms with Crippen molar-refractivity contribution in [3.63, 3.8) is 0 Å². The highest BCUT2D eigenvalue weighted by atomic mass is 28.4. The SMILES string of the molecule is C=C/C=C/[C@H](C)[C@H](O)[C@@H](C)[C@H](O[Si](C)(C)C(C)(C)C)[C@@H](C)C/C(C)=C/[C@H](C)[C@@H](O[Si](C)(C)C(C)(C)C)[C@@H](C)CO. The number of aliphatic hydroxyl groups is 2. The van der Waals surface area contributed by atoms with Gasteiger partial charge in [0.15, 0.2) is 16.6 Å². The molecule has 0 amide bonds. The van der Waals surface area contributed by atoms with E-state index in [0.717, 1.165) is 6.42 Å². The van der Waals surface area contributed by atoms with Crippen molar-refractivity contribution in [2.45, 2.75) is 144 Å². The van der Waals surface area contributed by atoms with Crippen LogP contribution in [0.3, 0.4) is 0 Å². The summed E-state index contributed by atoms with van der Waals surface area (Å²) in [5, 5.41) is 21.6. The molecule has 0 unspecified atom stereocenters. The van der Waals surface area contributed by atoms with Crippen LogP contribution < -0.4 is 0 Å². The maximum Gasteiger partial charge on any atom is 0.192 e. The maximum absolute atomic E-state index is 11.3. The molecule has 236 valence electrons. The van der Waals surface area contributed by atoms with Crippen LogP contribution in [0.15, 0.2) is 36.5 Å². The molecule has 0 bridgehead atoms. The Kier molecular flexibility index (Phi) is 15.6. The molecule has 0 saturated carbocycles. The first kappa shape index (κ1) is 39.5. The van der Waals surface area contributed by atoms with E-state index in [-0.39, 0.29) is 58.5 Å². The van der Waals surface area contributed by atoms with Gasteiger partial charge < -0.3 is 19.1 Å². The van der Waals surface area contributed by atoms with E-state index in [9.17, 15) is 10.2 Å². The van der Waals surface area contributed by atoms with Crippen molar-refractivity contribution >= 4 is 16.6 Å². The van der Waals surface area contributed by atoms with Gasteiger partial charge in [-0.2, -0.15) is 0 Å². The van der Waals surface area contributed by atoms with E-state index in [4.69, 9.17) is 8.85 Å². The van der Waals surface area contributed by atoms with Crippen LogP contribution in [0.4, 0.5) is 0 Å². The fourth-order valence-electron chi connectivity index (χ4n) is 4.90. The molecule has 0 rings (SSSR count). The Morgan fingerprint density at radius 1 is 0.800 bits per heavy atom. The van der Waals surface area contributed by atoms with Gasteiger partial charge in [-0.3, -0.25) is 0 Å². The van der Waals surface area contributed by atoms with Gasteiger partial charge in [-0.05, 0) is 61.4 Å². The third-order valence-electron chi connectivity index (χ3n) is 9.74. The van der Waals surface area contributed by atoms with Crippen LogP contribution in [-0.2, 0) is 8.85 Å². The van der Waals surface area contributed by atoms with Crippen LogP contribution in [0.1, 0.15) is 89.5 Å². The summed E-state index contributed by atoms with van der Waals surface area (Å²) in [6, 6.07) is 0. The average molecular weight is 597 g/mol. The summed E-state index contributed by atoms with van der Waals surface area (Å²) < 4.78 is 13.9. The van der Waals surface area contributed by atoms with Crippen LogP contribution in [0.5, 0.6) is 0 Å². The zero-order chi connectivity index (χ0) is 31.9. The standard InChI is InChI=1S/C34H68O4Si2/c1-18-19-20-25(3)30(36)29(7)32(38-40(16,17)34(11,12)13)27(5)22-24(2)21-26(4)31(28(6)23-35)37-39(14,15)33(8,9)10/h18-21,25-32,35-36H,1,22-23H2,2-17H3/b20-19+,24-21+/t25-,26-,27-,28-,29+,30-,31+,32+/m0/s1. The normalized spacial score (nSPS) is 20.5. The molecule has 0 aromatic heterocycles. The van der Waals surface area contributed by atoms with Gasteiger partial charge in [0.25, 0.3) is 0 Å². The number of allylic oxidation sites excluding steroid dienone is 3. The molecule has 0 fully saturated rings. The van der Waals surface area contributed by atoms with Crippen LogP contribution in [-0.4, -0.2) is 51.8 Å². The second kappa shape index (κ2) is 15.8. The molecule has 0 aliphatic heterocycles. The van der Waals surface area contributed by atoms with Crippen LogP contribution in [0.2, 0.25) is 36.3 Å². The van der Waals surface area contributed by atoms with E-state index < -0.39 is 22.7 Å². The van der Waals surface area contributed by atoms with Gasteiger partial charge in [0.05, 0.1) is 18.3 Å². The molecule has 0 saturated heterocycles. The lowest BCUT2D eigenvalue weighted by Crippen LogP contribution is -2.49. The van der Waals surface area contributed by atoms with Crippen LogP contribution in [0.25, 0.3) is 0 Å². The molecule has 0 aliphatic carbocycles. The van der Waals surface area contributed by atoms with E-state index in [0.29, 0.717) is 0 Å². The zero-order valence-electron chi connectivity index (χ0n) is 29.3. The van der Waals surface area contributed by atoms with Crippen molar-refractivity contribution in [3.8, 4) is 0 Å². The largest absolute Gasteiger partial charge is 0.413 e. The van der Waals surface area contributed by atoms with E-state index in [1.54, 1.807) is 6.08 Å². The fourth-order valence-corrected chi connectivity index (χ4v) is 7.86.